The van der Waals surface area contributed by atoms with Gasteiger partial charge in [0.15, 0.2) is 0 Å². The number of carbonyl (C=O) groups is 1. The van der Waals surface area contributed by atoms with Gasteiger partial charge in [0.25, 0.3) is 0 Å². The summed E-state index contributed by atoms with van der Waals surface area (Å²) in [5, 5.41) is 9.29. The summed E-state index contributed by atoms with van der Waals surface area (Å²) in [5.74, 6) is -0.586. The van der Waals surface area contributed by atoms with Crippen molar-refractivity contribution in [2.75, 3.05) is 13.2 Å². The van der Waals surface area contributed by atoms with Crippen molar-refractivity contribution in [3.63, 3.8) is 0 Å². The maximum absolute atomic E-state index is 11.3. The van der Waals surface area contributed by atoms with E-state index >= 15 is 0 Å². The number of rotatable bonds is 4. The van der Waals surface area contributed by atoms with Gasteiger partial charge in [-0.05, 0) is 17.0 Å². The maximum atomic E-state index is 11.3. The first-order valence-corrected chi connectivity index (χ1v) is 6.00. The van der Waals surface area contributed by atoms with Crippen molar-refractivity contribution in [1.29, 1.82) is 0 Å². The second-order valence-electron chi connectivity index (χ2n) is 4.93. The van der Waals surface area contributed by atoms with Crippen LogP contribution >= 0.6 is 0 Å². The van der Waals surface area contributed by atoms with Crippen molar-refractivity contribution >= 4 is 5.97 Å². The maximum Gasteiger partial charge on any atom is 0.311 e. The molecule has 1 unspecified atom stereocenters. The fourth-order valence-electron chi connectivity index (χ4n) is 2.15. The van der Waals surface area contributed by atoms with Gasteiger partial charge in [0.2, 0.25) is 0 Å². The Morgan fingerprint density at radius 1 is 1.24 bits per heavy atom. The predicted octanol–water partition coefficient (Wildman–Crippen LogP) is 2.62. The highest BCUT2D eigenvalue weighted by Gasteiger charge is 2.34. The smallest absolute Gasteiger partial charge is 0.311 e. The Labute approximate surface area is 101 Å². The minimum atomic E-state index is -0.754. The van der Waals surface area contributed by atoms with Crippen LogP contribution in [0.3, 0.4) is 0 Å². The van der Waals surface area contributed by atoms with Crippen LogP contribution in [0.5, 0.6) is 0 Å². The molecule has 0 aromatic heterocycles. The normalized spacial score (nSPS) is 17.8. The Morgan fingerprint density at radius 2 is 1.76 bits per heavy atom. The minimum Gasteiger partial charge on any atom is -0.481 e. The molecule has 1 aromatic carbocycles. The largest absolute Gasteiger partial charge is 0.481 e. The Hall–Kier alpha value is -1.35. The Morgan fingerprint density at radius 3 is 2.12 bits per heavy atom. The van der Waals surface area contributed by atoms with Crippen LogP contribution in [-0.2, 0) is 9.53 Å². The summed E-state index contributed by atoms with van der Waals surface area (Å²) in [7, 11) is 0. The second-order valence-corrected chi connectivity index (χ2v) is 4.93. The van der Waals surface area contributed by atoms with E-state index in [2.05, 4.69) is 13.8 Å². The SMILES string of the molecule is CC(C)c1ccc(C(C(=O)O)C2COC2)cc1. The average Bonchev–Trinajstić information content (AvgIpc) is 2.23. The summed E-state index contributed by atoms with van der Waals surface area (Å²) in [6.07, 6.45) is 0. The highest BCUT2D eigenvalue weighted by molar-refractivity contribution is 5.76. The lowest BCUT2D eigenvalue weighted by molar-refractivity contribution is -0.146. The first-order valence-electron chi connectivity index (χ1n) is 6.00. The van der Waals surface area contributed by atoms with E-state index in [1.807, 2.05) is 24.3 Å². The molecule has 0 saturated carbocycles. The van der Waals surface area contributed by atoms with Crippen LogP contribution in [0.25, 0.3) is 0 Å². The predicted molar refractivity (Wildman–Crippen MR) is 65.2 cm³/mol. The molecule has 0 amide bonds. The molecule has 1 atom stereocenters. The van der Waals surface area contributed by atoms with E-state index in [4.69, 9.17) is 4.74 Å². The van der Waals surface area contributed by atoms with Gasteiger partial charge in [-0.15, -0.1) is 0 Å². The van der Waals surface area contributed by atoms with Gasteiger partial charge in [-0.25, -0.2) is 0 Å². The molecule has 1 N–H and O–H groups in total. The van der Waals surface area contributed by atoms with Gasteiger partial charge in [-0.1, -0.05) is 38.1 Å². The molecule has 92 valence electrons. The van der Waals surface area contributed by atoms with E-state index in [9.17, 15) is 9.90 Å². The van der Waals surface area contributed by atoms with E-state index in [1.54, 1.807) is 0 Å². The summed E-state index contributed by atoms with van der Waals surface area (Å²) < 4.78 is 5.09. The quantitative estimate of drug-likeness (QED) is 0.871. The van der Waals surface area contributed by atoms with Gasteiger partial charge in [0, 0.05) is 5.92 Å². The van der Waals surface area contributed by atoms with Gasteiger partial charge in [-0.3, -0.25) is 4.79 Å². The lowest BCUT2D eigenvalue weighted by atomic mass is 9.84. The van der Waals surface area contributed by atoms with E-state index in [-0.39, 0.29) is 5.92 Å². The van der Waals surface area contributed by atoms with Crippen LogP contribution in [0.4, 0.5) is 0 Å². The molecule has 17 heavy (non-hydrogen) atoms. The third-order valence-electron chi connectivity index (χ3n) is 3.36. The van der Waals surface area contributed by atoms with Crippen LogP contribution in [0, 0.1) is 5.92 Å². The van der Waals surface area contributed by atoms with Crippen LogP contribution in [-0.4, -0.2) is 24.3 Å². The third kappa shape index (κ3) is 2.50. The van der Waals surface area contributed by atoms with Crippen molar-refractivity contribution in [2.24, 2.45) is 5.92 Å². The molecule has 3 heteroatoms. The zero-order valence-electron chi connectivity index (χ0n) is 10.2. The summed E-state index contributed by atoms with van der Waals surface area (Å²) in [6.45, 7) is 5.37. The zero-order valence-corrected chi connectivity index (χ0v) is 10.2. The lowest BCUT2D eigenvalue weighted by Gasteiger charge is -2.31. The van der Waals surface area contributed by atoms with Crippen molar-refractivity contribution in [1.82, 2.24) is 0 Å². The molecule has 0 radical (unpaired) electrons. The van der Waals surface area contributed by atoms with Crippen LogP contribution in [0.1, 0.15) is 36.8 Å². The number of hydrogen-bond acceptors (Lipinski definition) is 2. The Balaban J connectivity index is 2.21. The molecule has 1 aliphatic rings. The number of carboxylic acid groups (broad SMARTS) is 1. The molecule has 0 spiro atoms. The summed E-state index contributed by atoms with van der Waals surface area (Å²) in [5.41, 5.74) is 2.12. The fourth-order valence-corrected chi connectivity index (χ4v) is 2.15. The molecule has 0 bridgehead atoms. The van der Waals surface area contributed by atoms with E-state index in [1.165, 1.54) is 5.56 Å². The molecule has 0 aliphatic carbocycles. The minimum absolute atomic E-state index is 0.123. The van der Waals surface area contributed by atoms with E-state index in [0.29, 0.717) is 19.1 Å². The van der Waals surface area contributed by atoms with Gasteiger partial charge in [-0.2, -0.15) is 0 Å². The monoisotopic (exact) mass is 234 g/mol. The van der Waals surface area contributed by atoms with Crippen LogP contribution in [0.2, 0.25) is 0 Å². The second kappa shape index (κ2) is 4.88. The van der Waals surface area contributed by atoms with Gasteiger partial charge >= 0.3 is 5.97 Å². The Bertz CT molecular complexity index is 390. The third-order valence-corrected chi connectivity index (χ3v) is 3.36. The molecule has 1 heterocycles. The number of carboxylic acids is 1. The number of benzene rings is 1. The highest BCUT2D eigenvalue weighted by Crippen LogP contribution is 2.31. The highest BCUT2D eigenvalue weighted by atomic mass is 16.5. The first-order chi connectivity index (χ1) is 8.09. The number of hydrogen-bond donors (Lipinski definition) is 1. The molecular weight excluding hydrogens is 216 g/mol. The number of ether oxygens (including phenoxy) is 1. The Kier molecular flexibility index (Phi) is 3.48. The molecule has 1 aliphatic heterocycles. The van der Waals surface area contributed by atoms with Gasteiger partial charge in [0.05, 0.1) is 19.1 Å². The fraction of sp³-hybridized carbons (Fsp3) is 0.500. The molecule has 3 nitrogen and oxygen atoms in total. The van der Waals surface area contributed by atoms with Crippen molar-refractivity contribution < 1.29 is 14.6 Å². The van der Waals surface area contributed by atoms with Crippen molar-refractivity contribution in [2.45, 2.75) is 25.7 Å². The first kappa shape index (κ1) is 12.1. The summed E-state index contributed by atoms with van der Waals surface area (Å²) in [4.78, 5) is 11.3. The molecular formula is C14H18O3. The lowest BCUT2D eigenvalue weighted by Crippen LogP contribution is -2.36. The number of aliphatic carboxylic acids is 1. The van der Waals surface area contributed by atoms with Crippen molar-refractivity contribution in [3.8, 4) is 0 Å². The van der Waals surface area contributed by atoms with E-state index < -0.39 is 11.9 Å². The van der Waals surface area contributed by atoms with Crippen molar-refractivity contribution in [3.05, 3.63) is 35.4 Å². The zero-order chi connectivity index (χ0) is 12.4. The molecule has 2 rings (SSSR count). The molecule has 1 fully saturated rings. The topological polar surface area (TPSA) is 46.5 Å². The van der Waals surface area contributed by atoms with Crippen LogP contribution < -0.4 is 0 Å². The van der Waals surface area contributed by atoms with Crippen LogP contribution in [0.15, 0.2) is 24.3 Å². The standard InChI is InChI=1S/C14H18O3/c1-9(2)10-3-5-11(6-4-10)13(14(15)16)12-7-17-8-12/h3-6,9,12-13H,7-8H2,1-2H3,(H,15,16). The average molecular weight is 234 g/mol. The summed E-state index contributed by atoms with van der Waals surface area (Å²) >= 11 is 0. The molecule has 1 saturated heterocycles. The van der Waals surface area contributed by atoms with Gasteiger partial charge < -0.3 is 9.84 Å². The van der Waals surface area contributed by atoms with Gasteiger partial charge in [0.1, 0.15) is 0 Å². The van der Waals surface area contributed by atoms with E-state index in [0.717, 1.165) is 5.56 Å². The molecule has 1 aromatic rings. The summed E-state index contributed by atoms with van der Waals surface area (Å²) in [6, 6.07) is 7.92.